The van der Waals surface area contributed by atoms with E-state index < -0.39 is 0 Å². The number of nitrogens with two attached hydrogens (primary N) is 1. The highest BCUT2D eigenvalue weighted by molar-refractivity contribution is 5.35. The Morgan fingerprint density at radius 3 is 2.40 bits per heavy atom. The number of aromatic nitrogens is 3. The lowest BCUT2D eigenvalue weighted by molar-refractivity contribution is 0.209. The SMILES string of the molecule is CCCOc1nc(NN)nc(NCC(C)(C)N(C)C)n1. The van der Waals surface area contributed by atoms with E-state index in [-0.39, 0.29) is 17.5 Å². The summed E-state index contributed by atoms with van der Waals surface area (Å²) in [6, 6.07) is 0.264. The van der Waals surface area contributed by atoms with Gasteiger partial charge in [-0.25, -0.2) is 5.84 Å². The first kappa shape index (κ1) is 16.4. The third-order valence-electron chi connectivity index (χ3n) is 3.07. The molecule has 0 aromatic carbocycles. The van der Waals surface area contributed by atoms with Crippen LogP contribution in [-0.4, -0.2) is 52.6 Å². The average molecular weight is 283 g/mol. The topological polar surface area (TPSA) is 101 Å². The predicted octanol–water partition coefficient (Wildman–Crippen LogP) is 0.698. The van der Waals surface area contributed by atoms with E-state index in [1.165, 1.54) is 0 Å². The maximum Gasteiger partial charge on any atom is 0.323 e. The molecular weight excluding hydrogens is 258 g/mol. The molecule has 1 aromatic rings. The van der Waals surface area contributed by atoms with Crippen LogP contribution in [0.2, 0.25) is 0 Å². The maximum atomic E-state index is 5.41. The molecular formula is C12H25N7O. The Morgan fingerprint density at radius 2 is 1.85 bits per heavy atom. The van der Waals surface area contributed by atoms with Gasteiger partial charge in [0, 0.05) is 12.1 Å². The summed E-state index contributed by atoms with van der Waals surface area (Å²) in [5.41, 5.74) is 2.38. The summed E-state index contributed by atoms with van der Waals surface area (Å²) in [4.78, 5) is 14.5. The van der Waals surface area contributed by atoms with Gasteiger partial charge in [0.15, 0.2) is 0 Å². The van der Waals surface area contributed by atoms with Gasteiger partial charge in [-0.1, -0.05) is 6.92 Å². The molecule has 0 unspecified atom stereocenters. The van der Waals surface area contributed by atoms with Crippen LogP contribution in [0.15, 0.2) is 0 Å². The summed E-state index contributed by atoms with van der Waals surface area (Å²) >= 11 is 0. The van der Waals surface area contributed by atoms with Gasteiger partial charge in [0.1, 0.15) is 0 Å². The van der Waals surface area contributed by atoms with Gasteiger partial charge < -0.3 is 15.0 Å². The molecule has 114 valence electrons. The van der Waals surface area contributed by atoms with Crippen molar-refractivity contribution in [2.75, 3.05) is 38.0 Å². The number of nitrogens with zero attached hydrogens (tertiary/aromatic N) is 4. The Bertz CT molecular complexity index is 422. The largest absolute Gasteiger partial charge is 0.463 e. The van der Waals surface area contributed by atoms with Crippen molar-refractivity contribution < 1.29 is 4.74 Å². The van der Waals surface area contributed by atoms with Gasteiger partial charge in [-0.15, -0.1) is 0 Å². The van der Waals surface area contributed by atoms with E-state index in [0.29, 0.717) is 19.1 Å². The fraction of sp³-hybridized carbons (Fsp3) is 0.750. The minimum Gasteiger partial charge on any atom is -0.463 e. The molecule has 0 amide bonds. The fourth-order valence-electron chi connectivity index (χ4n) is 1.21. The number of rotatable bonds is 8. The van der Waals surface area contributed by atoms with Crippen LogP contribution >= 0.6 is 0 Å². The molecule has 0 aliphatic heterocycles. The molecule has 0 saturated carbocycles. The number of nitrogen functional groups attached to an aromatic ring is 1. The van der Waals surface area contributed by atoms with Crippen LogP contribution in [0, 0.1) is 0 Å². The molecule has 0 aliphatic carbocycles. The second kappa shape index (κ2) is 7.20. The van der Waals surface area contributed by atoms with Crippen molar-refractivity contribution in [1.82, 2.24) is 19.9 Å². The first-order valence-electron chi connectivity index (χ1n) is 6.66. The van der Waals surface area contributed by atoms with Crippen molar-refractivity contribution in [1.29, 1.82) is 0 Å². The van der Waals surface area contributed by atoms with Crippen LogP contribution in [0.3, 0.4) is 0 Å². The molecule has 1 heterocycles. The second-order valence-corrected chi connectivity index (χ2v) is 5.32. The van der Waals surface area contributed by atoms with E-state index in [0.717, 1.165) is 6.42 Å². The minimum atomic E-state index is -0.0343. The molecule has 8 nitrogen and oxygen atoms in total. The average Bonchev–Trinajstić information content (AvgIpc) is 2.42. The third-order valence-corrected chi connectivity index (χ3v) is 3.07. The van der Waals surface area contributed by atoms with Crippen LogP contribution in [-0.2, 0) is 0 Å². The van der Waals surface area contributed by atoms with Crippen LogP contribution in [0.1, 0.15) is 27.2 Å². The number of ether oxygens (including phenoxy) is 1. The lowest BCUT2D eigenvalue weighted by Crippen LogP contribution is -2.44. The van der Waals surface area contributed by atoms with Gasteiger partial charge in [0.25, 0.3) is 0 Å². The van der Waals surface area contributed by atoms with Gasteiger partial charge in [0.05, 0.1) is 6.61 Å². The summed E-state index contributed by atoms with van der Waals surface area (Å²) in [5, 5.41) is 3.18. The van der Waals surface area contributed by atoms with Gasteiger partial charge in [0.2, 0.25) is 11.9 Å². The molecule has 0 bridgehead atoms. The molecule has 0 fully saturated rings. The first-order chi connectivity index (χ1) is 9.39. The van der Waals surface area contributed by atoms with Crippen LogP contribution in [0.25, 0.3) is 0 Å². The number of hydrogen-bond acceptors (Lipinski definition) is 8. The van der Waals surface area contributed by atoms with E-state index in [1.807, 2.05) is 21.0 Å². The number of hydrogen-bond donors (Lipinski definition) is 3. The van der Waals surface area contributed by atoms with Crippen LogP contribution < -0.4 is 21.3 Å². The molecule has 0 radical (unpaired) electrons. The predicted molar refractivity (Wildman–Crippen MR) is 79.7 cm³/mol. The first-order valence-corrected chi connectivity index (χ1v) is 6.66. The van der Waals surface area contributed by atoms with Crippen molar-refractivity contribution in [2.45, 2.75) is 32.7 Å². The zero-order valence-corrected chi connectivity index (χ0v) is 12.9. The number of hydrazine groups is 1. The van der Waals surface area contributed by atoms with E-state index in [9.17, 15) is 0 Å². The molecule has 1 aromatic heterocycles. The number of nitrogens with one attached hydrogen (secondary N) is 2. The van der Waals surface area contributed by atoms with Crippen LogP contribution in [0.5, 0.6) is 6.01 Å². The Kier molecular flexibility index (Phi) is 5.90. The van der Waals surface area contributed by atoms with E-state index >= 15 is 0 Å². The monoisotopic (exact) mass is 283 g/mol. The summed E-state index contributed by atoms with van der Waals surface area (Å²) in [7, 11) is 4.05. The maximum absolute atomic E-state index is 5.41. The molecule has 8 heteroatoms. The lowest BCUT2D eigenvalue weighted by atomic mass is 10.1. The third kappa shape index (κ3) is 4.78. The van der Waals surface area contributed by atoms with Crippen molar-refractivity contribution in [2.24, 2.45) is 5.84 Å². The summed E-state index contributed by atoms with van der Waals surface area (Å²) < 4.78 is 5.41. The summed E-state index contributed by atoms with van der Waals surface area (Å²) in [6.45, 7) is 7.50. The Balaban J connectivity index is 2.78. The Hall–Kier alpha value is -1.67. The minimum absolute atomic E-state index is 0.0343. The van der Waals surface area contributed by atoms with Crippen LogP contribution in [0.4, 0.5) is 11.9 Å². The second-order valence-electron chi connectivity index (χ2n) is 5.32. The number of likely N-dealkylation sites (N-methyl/N-ethyl adjacent to an activating group) is 1. The highest BCUT2D eigenvalue weighted by atomic mass is 16.5. The Labute approximate surface area is 120 Å². The molecule has 0 spiro atoms. The summed E-state index contributed by atoms with van der Waals surface area (Å²) in [6.07, 6.45) is 0.882. The van der Waals surface area contributed by atoms with E-state index in [1.54, 1.807) is 0 Å². The Morgan fingerprint density at radius 1 is 1.20 bits per heavy atom. The molecule has 20 heavy (non-hydrogen) atoms. The quantitative estimate of drug-likeness (QED) is 0.473. The van der Waals surface area contributed by atoms with Gasteiger partial charge in [-0.05, 0) is 34.4 Å². The molecule has 4 N–H and O–H groups in total. The van der Waals surface area contributed by atoms with Crippen molar-refractivity contribution in [3.8, 4) is 6.01 Å². The van der Waals surface area contributed by atoms with E-state index in [2.05, 4.69) is 44.4 Å². The fourth-order valence-corrected chi connectivity index (χ4v) is 1.21. The summed E-state index contributed by atoms with van der Waals surface area (Å²) in [5.74, 6) is 6.07. The van der Waals surface area contributed by atoms with Gasteiger partial charge in [-0.2, -0.15) is 15.0 Å². The molecule has 0 atom stereocenters. The van der Waals surface area contributed by atoms with E-state index in [4.69, 9.17) is 10.6 Å². The highest BCUT2D eigenvalue weighted by Gasteiger charge is 2.20. The smallest absolute Gasteiger partial charge is 0.323 e. The lowest BCUT2D eigenvalue weighted by Gasteiger charge is -2.32. The van der Waals surface area contributed by atoms with Crippen molar-refractivity contribution >= 4 is 11.9 Å². The zero-order chi connectivity index (χ0) is 15.2. The highest BCUT2D eigenvalue weighted by Crippen LogP contribution is 2.14. The van der Waals surface area contributed by atoms with Gasteiger partial charge in [-0.3, -0.25) is 5.43 Å². The molecule has 0 saturated heterocycles. The van der Waals surface area contributed by atoms with Crippen molar-refractivity contribution in [3.63, 3.8) is 0 Å². The van der Waals surface area contributed by atoms with Crippen molar-refractivity contribution in [3.05, 3.63) is 0 Å². The standard InChI is InChI=1S/C12H25N7O/c1-6-7-20-11-16-9(15-10(17-11)18-13)14-8-12(2,3)19(4)5/h6-8,13H2,1-5H3,(H2,14,15,16,17,18). The molecule has 0 aliphatic rings. The number of anilines is 2. The normalized spacial score (nSPS) is 11.6. The zero-order valence-electron chi connectivity index (χ0n) is 12.9. The molecule has 1 rings (SSSR count). The van der Waals surface area contributed by atoms with Gasteiger partial charge >= 0.3 is 6.01 Å².